The van der Waals surface area contributed by atoms with Gasteiger partial charge in [0.1, 0.15) is 5.00 Å². The average Bonchev–Trinajstić information content (AvgIpc) is 2.66. The topological polar surface area (TPSA) is 42.0 Å². The molecule has 0 saturated carbocycles. The van der Waals surface area contributed by atoms with Crippen LogP contribution in [0, 0.1) is 13.8 Å². The van der Waals surface area contributed by atoms with Gasteiger partial charge >= 0.3 is 0 Å². The molecule has 0 unspecified atom stereocenters. The lowest BCUT2D eigenvalue weighted by Gasteiger charge is -2.09. The van der Waals surface area contributed by atoms with Crippen molar-refractivity contribution in [2.75, 3.05) is 5.32 Å². The molecule has 0 amide bonds. The van der Waals surface area contributed by atoms with Gasteiger partial charge in [-0.15, -0.1) is 0 Å². The summed E-state index contributed by atoms with van der Waals surface area (Å²) in [6.07, 6.45) is 0. The molecule has 0 atom stereocenters. The second-order valence-electron chi connectivity index (χ2n) is 4.07. The smallest absolute Gasteiger partial charge is 0.164 e. The maximum Gasteiger partial charge on any atom is 0.164 e. The van der Waals surface area contributed by atoms with Crippen LogP contribution in [0.15, 0.2) is 22.7 Å². The monoisotopic (exact) mass is 324 g/mol. The summed E-state index contributed by atoms with van der Waals surface area (Å²) in [6.45, 7) is 5.44. The first-order chi connectivity index (χ1) is 8.50. The highest BCUT2D eigenvalue weighted by atomic mass is 79.9. The first-order valence-corrected chi connectivity index (χ1v) is 7.06. The number of hydrogen-bond acceptors (Lipinski definition) is 4. The summed E-state index contributed by atoms with van der Waals surface area (Å²) in [4.78, 5) is 11.6. The second-order valence-corrected chi connectivity index (χ2v) is 5.69. The molecule has 1 aromatic carbocycles. The second kappa shape index (κ2) is 5.20. The first kappa shape index (κ1) is 13.2. The Morgan fingerprint density at radius 1 is 1.39 bits per heavy atom. The molecule has 0 aliphatic carbocycles. The van der Waals surface area contributed by atoms with Gasteiger partial charge in [-0.2, -0.15) is 4.37 Å². The molecule has 3 nitrogen and oxygen atoms in total. The molecule has 94 valence electrons. The minimum atomic E-state index is 0.0383. The van der Waals surface area contributed by atoms with Gasteiger partial charge in [0.2, 0.25) is 0 Å². The van der Waals surface area contributed by atoms with Crippen LogP contribution in [0.4, 0.5) is 10.7 Å². The van der Waals surface area contributed by atoms with Gasteiger partial charge in [0.15, 0.2) is 5.78 Å². The fourth-order valence-electron chi connectivity index (χ4n) is 1.73. The van der Waals surface area contributed by atoms with Crippen LogP contribution < -0.4 is 5.32 Å². The maximum absolute atomic E-state index is 11.6. The first-order valence-electron chi connectivity index (χ1n) is 5.50. The molecule has 0 aliphatic rings. The predicted octanol–water partition coefficient (Wildman–Crippen LogP) is 4.47. The van der Waals surface area contributed by atoms with Crippen molar-refractivity contribution in [3.63, 3.8) is 0 Å². The number of nitrogens with one attached hydrogen (secondary N) is 1. The molecule has 0 bridgehead atoms. The highest BCUT2D eigenvalue weighted by Crippen LogP contribution is 2.31. The van der Waals surface area contributed by atoms with Crippen molar-refractivity contribution in [3.8, 4) is 0 Å². The summed E-state index contributed by atoms with van der Waals surface area (Å²) in [5, 5.41) is 4.10. The number of aryl methyl sites for hydroxylation is 1. The summed E-state index contributed by atoms with van der Waals surface area (Å²) in [5.41, 5.74) is 3.55. The number of Topliss-reactive ketones (excluding diaryl/α,β-unsaturated/α-hetero) is 1. The minimum Gasteiger partial charge on any atom is -0.345 e. The Kier molecular flexibility index (Phi) is 3.82. The standard InChI is InChI=1S/C13H13BrN2OS/c1-7-10(14)5-4-6-11(7)15-13-12(9(3)17)8(2)16-18-13/h4-6,15H,1-3H3. The number of halogens is 1. The van der Waals surface area contributed by atoms with E-state index in [0.717, 1.165) is 26.4 Å². The molecule has 0 radical (unpaired) electrons. The van der Waals surface area contributed by atoms with E-state index in [2.05, 4.69) is 25.6 Å². The largest absolute Gasteiger partial charge is 0.345 e. The Balaban J connectivity index is 2.41. The third-order valence-corrected chi connectivity index (χ3v) is 4.44. The molecule has 18 heavy (non-hydrogen) atoms. The van der Waals surface area contributed by atoms with E-state index >= 15 is 0 Å². The fourth-order valence-corrected chi connectivity index (χ4v) is 2.96. The van der Waals surface area contributed by atoms with E-state index in [1.165, 1.54) is 11.5 Å². The van der Waals surface area contributed by atoms with Crippen molar-refractivity contribution < 1.29 is 4.79 Å². The third-order valence-electron chi connectivity index (χ3n) is 2.73. The highest BCUT2D eigenvalue weighted by molar-refractivity contribution is 9.10. The normalized spacial score (nSPS) is 10.4. The fraction of sp³-hybridized carbons (Fsp3) is 0.231. The molecule has 0 spiro atoms. The summed E-state index contributed by atoms with van der Waals surface area (Å²) in [6, 6.07) is 5.93. The van der Waals surface area contributed by atoms with E-state index in [1.54, 1.807) is 6.92 Å². The number of nitrogens with zero attached hydrogens (tertiary/aromatic N) is 1. The summed E-state index contributed by atoms with van der Waals surface area (Å²) >= 11 is 4.81. The molecular formula is C13H13BrN2OS. The Hall–Kier alpha value is -1.20. The highest BCUT2D eigenvalue weighted by Gasteiger charge is 2.15. The Morgan fingerprint density at radius 3 is 2.78 bits per heavy atom. The van der Waals surface area contributed by atoms with Gasteiger partial charge in [-0.1, -0.05) is 22.0 Å². The van der Waals surface area contributed by atoms with Crippen molar-refractivity contribution in [2.24, 2.45) is 0 Å². The maximum atomic E-state index is 11.6. The molecule has 1 aromatic heterocycles. The zero-order chi connectivity index (χ0) is 13.3. The minimum absolute atomic E-state index is 0.0383. The van der Waals surface area contributed by atoms with Gasteiger partial charge in [0, 0.05) is 10.2 Å². The number of hydrogen-bond donors (Lipinski definition) is 1. The van der Waals surface area contributed by atoms with Gasteiger partial charge in [-0.25, -0.2) is 0 Å². The number of benzene rings is 1. The van der Waals surface area contributed by atoms with Gasteiger partial charge in [0.05, 0.1) is 11.3 Å². The van der Waals surface area contributed by atoms with E-state index in [1.807, 2.05) is 32.0 Å². The van der Waals surface area contributed by atoms with Gasteiger partial charge in [-0.05, 0) is 50.0 Å². The molecule has 5 heteroatoms. The van der Waals surface area contributed by atoms with Crippen LogP contribution in [0.5, 0.6) is 0 Å². The third kappa shape index (κ3) is 2.47. The van der Waals surface area contributed by atoms with E-state index in [-0.39, 0.29) is 5.78 Å². The molecule has 0 aliphatic heterocycles. The van der Waals surface area contributed by atoms with Crippen LogP contribution in [0.3, 0.4) is 0 Å². The average molecular weight is 325 g/mol. The van der Waals surface area contributed by atoms with E-state index in [9.17, 15) is 4.79 Å². The van der Waals surface area contributed by atoms with E-state index in [4.69, 9.17) is 0 Å². The quantitative estimate of drug-likeness (QED) is 0.847. The van der Waals surface area contributed by atoms with Crippen LogP contribution in [-0.4, -0.2) is 10.2 Å². The molecule has 2 aromatic rings. The molecule has 2 rings (SSSR count). The van der Waals surface area contributed by atoms with Crippen molar-refractivity contribution in [2.45, 2.75) is 20.8 Å². The van der Waals surface area contributed by atoms with Crippen LogP contribution >= 0.6 is 27.5 Å². The number of carbonyl (C=O) groups excluding carboxylic acids is 1. The van der Waals surface area contributed by atoms with Gasteiger partial charge < -0.3 is 5.32 Å². The van der Waals surface area contributed by atoms with Crippen LogP contribution in [0.25, 0.3) is 0 Å². The van der Waals surface area contributed by atoms with Crippen molar-refractivity contribution in [3.05, 3.63) is 39.5 Å². The lowest BCUT2D eigenvalue weighted by molar-refractivity contribution is 0.101. The number of aromatic nitrogens is 1. The molecule has 0 saturated heterocycles. The van der Waals surface area contributed by atoms with E-state index in [0.29, 0.717) is 5.56 Å². The number of ketones is 1. The summed E-state index contributed by atoms with van der Waals surface area (Å²) in [7, 11) is 0. The van der Waals surface area contributed by atoms with Crippen LogP contribution in [-0.2, 0) is 0 Å². The van der Waals surface area contributed by atoms with Gasteiger partial charge in [0.25, 0.3) is 0 Å². The van der Waals surface area contributed by atoms with Crippen LogP contribution in [0.2, 0.25) is 0 Å². The Bertz CT molecular complexity index is 607. The van der Waals surface area contributed by atoms with Gasteiger partial charge in [-0.3, -0.25) is 4.79 Å². The lowest BCUT2D eigenvalue weighted by Crippen LogP contribution is -1.99. The predicted molar refractivity (Wildman–Crippen MR) is 79.0 cm³/mol. The molecular weight excluding hydrogens is 312 g/mol. The molecule has 0 fully saturated rings. The van der Waals surface area contributed by atoms with Crippen molar-refractivity contribution >= 4 is 43.9 Å². The summed E-state index contributed by atoms with van der Waals surface area (Å²) < 4.78 is 5.27. The number of rotatable bonds is 3. The van der Waals surface area contributed by atoms with Crippen LogP contribution in [0.1, 0.15) is 28.5 Å². The molecule has 1 N–H and O–H groups in total. The lowest BCUT2D eigenvalue weighted by atomic mass is 10.1. The summed E-state index contributed by atoms with van der Waals surface area (Å²) in [5.74, 6) is 0.0383. The van der Waals surface area contributed by atoms with Crippen molar-refractivity contribution in [1.29, 1.82) is 0 Å². The molecule has 1 heterocycles. The van der Waals surface area contributed by atoms with E-state index < -0.39 is 0 Å². The Labute approximate surface area is 119 Å². The van der Waals surface area contributed by atoms with Crippen molar-refractivity contribution in [1.82, 2.24) is 4.37 Å². The zero-order valence-electron chi connectivity index (χ0n) is 10.4. The Morgan fingerprint density at radius 2 is 2.11 bits per heavy atom. The SMILES string of the molecule is CC(=O)c1c(C)nsc1Nc1cccc(Br)c1C. The number of anilines is 2. The zero-order valence-corrected chi connectivity index (χ0v) is 12.8. The number of carbonyl (C=O) groups is 1.